The van der Waals surface area contributed by atoms with E-state index < -0.39 is 11.8 Å². The Labute approximate surface area is 202 Å². The lowest BCUT2D eigenvalue weighted by molar-refractivity contribution is 0.0854. The van der Waals surface area contributed by atoms with Gasteiger partial charge in [0.05, 0.1) is 29.0 Å². The van der Waals surface area contributed by atoms with E-state index in [1.54, 1.807) is 18.2 Å². The van der Waals surface area contributed by atoms with Crippen molar-refractivity contribution >= 4 is 29.3 Å². The van der Waals surface area contributed by atoms with Crippen molar-refractivity contribution in [2.45, 2.75) is 37.9 Å². The average molecular weight is 478 g/mol. The fourth-order valence-corrected chi connectivity index (χ4v) is 4.63. The highest BCUT2D eigenvalue weighted by Crippen LogP contribution is 2.29. The summed E-state index contributed by atoms with van der Waals surface area (Å²) in [6.45, 7) is 2.21. The lowest BCUT2D eigenvalue weighted by atomic mass is 10.1. The fourth-order valence-electron chi connectivity index (χ4n) is 4.63. The zero-order valence-corrected chi connectivity index (χ0v) is 19.2. The minimum absolute atomic E-state index is 0.00208. The Bertz CT molecular complexity index is 1170. The van der Waals surface area contributed by atoms with Crippen LogP contribution in [0.2, 0.25) is 0 Å². The molecule has 2 saturated heterocycles. The molecule has 0 unspecified atom stereocenters. The third kappa shape index (κ3) is 4.82. The first-order valence-corrected chi connectivity index (χ1v) is 11.9. The van der Waals surface area contributed by atoms with Crippen LogP contribution in [0, 0.1) is 0 Å². The minimum atomic E-state index is -0.532. The zero-order valence-electron chi connectivity index (χ0n) is 19.2. The van der Waals surface area contributed by atoms with Gasteiger partial charge in [-0.15, -0.1) is 0 Å². The molecule has 0 saturated carbocycles. The van der Waals surface area contributed by atoms with Crippen LogP contribution < -0.4 is 15.5 Å². The summed E-state index contributed by atoms with van der Waals surface area (Å²) >= 11 is 0. The lowest BCUT2D eigenvalue weighted by Gasteiger charge is -2.15. The second kappa shape index (κ2) is 9.97. The summed E-state index contributed by atoms with van der Waals surface area (Å²) in [6, 6.07) is 10.9. The van der Waals surface area contributed by atoms with E-state index in [9.17, 15) is 19.2 Å². The molecule has 2 fully saturated rings. The molecule has 2 aromatic rings. The van der Waals surface area contributed by atoms with Gasteiger partial charge in [0.1, 0.15) is 0 Å². The standard InChI is InChI=1S/C26H27N3O6/c30-23(27-14-19-6-2-10-34-19)16-4-1-5-18(12-16)29-25(32)21-9-8-17(13-22(21)26(29)33)24(31)28-15-20-7-3-11-35-20/h1,4-5,8-9,12-13,19-20H,2-3,6-7,10-11,14-15H2,(H,27,30)(H,28,31)/t19-,20+/m0/s1. The molecule has 0 aromatic heterocycles. The molecule has 2 N–H and O–H groups in total. The summed E-state index contributed by atoms with van der Waals surface area (Å²) in [5, 5.41) is 5.67. The maximum Gasteiger partial charge on any atom is 0.266 e. The molecule has 4 amide bonds. The Kier molecular flexibility index (Phi) is 6.61. The van der Waals surface area contributed by atoms with E-state index in [2.05, 4.69) is 10.6 Å². The van der Waals surface area contributed by atoms with Crippen LogP contribution in [0.15, 0.2) is 42.5 Å². The molecule has 35 heavy (non-hydrogen) atoms. The normalized spacial score (nSPS) is 21.3. The van der Waals surface area contributed by atoms with Crippen molar-refractivity contribution in [2.75, 3.05) is 31.2 Å². The van der Waals surface area contributed by atoms with Crippen LogP contribution in [0.1, 0.15) is 67.1 Å². The van der Waals surface area contributed by atoms with E-state index in [0.29, 0.717) is 43.1 Å². The number of amides is 4. The molecule has 9 heteroatoms. The maximum atomic E-state index is 13.2. The molecule has 0 aliphatic carbocycles. The van der Waals surface area contributed by atoms with Gasteiger partial charge in [0.15, 0.2) is 0 Å². The highest BCUT2D eigenvalue weighted by Gasteiger charge is 2.37. The highest BCUT2D eigenvalue weighted by atomic mass is 16.5. The first kappa shape index (κ1) is 23.2. The molecule has 3 aliphatic heterocycles. The number of nitrogens with zero attached hydrogens (tertiary/aromatic N) is 1. The van der Waals surface area contributed by atoms with Crippen molar-refractivity contribution in [2.24, 2.45) is 0 Å². The third-order valence-corrected chi connectivity index (χ3v) is 6.54. The maximum absolute atomic E-state index is 13.2. The molecule has 182 valence electrons. The summed E-state index contributed by atoms with van der Waals surface area (Å²) in [6.07, 6.45) is 3.77. The summed E-state index contributed by atoms with van der Waals surface area (Å²) in [7, 11) is 0. The summed E-state index contributed by atoms with van der Waals surface area (Å²) in [5.41, 5.74) is 1.32. The number of hydrogen-bond donors (Lipinski definition) is 2. The van der Waals surface area contributed by atoms with Crippen LogP contribution in [0.25, 0.3) is 0 Å². The van der Waals surface area contributed by atoms with Gasteiger partial charge in [-0.1, -0.05) is 6.07 Å². The average Bonchev–Trinajstić information content (AvgIpc) is 3.64. The van der Waals surface area contributed by atoms with Gasteiger partial charge in [-0.3, -0.25) is 19.2 Å². The molecule has 0 radical (unpaired) electrons. The number of anilines is 1. The smallest absolute Gasteiger partial charge is 0.266 e. The van der Waals surface area contributed by atoms with Gasteiger partial charge in [-0.25, -0.2) is 4.90 Å². The van der Waals surface area contributed by atoms with Crippen molar-refractivity contribution in [1.82, 2.24) is 10.6 Å². The number of rotatable bonds is 7. The van der Waals surface area contributed by atoms with Crippen molar-refractivity contribution < 1.29 is 28.7 Å². The number of nitrogens with one attached hydrogen (secondary N) is 2. The fraction of sp³-hybridized carbons (Fsp3) is 0.385. The zero-order chi connectivity index (χ0) is 24.4. The number of benzene rings is 2. The lowest BCUT2D eigenvalue weighted by Crippen LogP contribution is -2.32. The molecular formula is C26H27N3O6. The minimum Gasteiger partial charge on any atom is -0.376 e. The largest absolute Gasteiger partial charge is 0.376 e. The van der Waals surface area contributed by atoms with Crippen LogP contribution >= 0.6 is 0 Å². The van der Waals surface area contributed by atoms with Crippen molar-refractivity contribution in [3.8, 4) is 0 Å². The van der Waals surface area contributed by atoms with E-state index >= 15 is 0 Å². The molecule has 3 aliphatic rings. The molecule has 5 rings (SSSR count). The van der Waals surface area contributed by atoms with Gasteiger partial charge in [0, 0.05) is 37.4 Å². The number of imide groups is 1. The second-order valence-electron chi connectivity index (χ2n) is 8.95. The Morgan fingerprint density at radius 2 is 1.40 bits per heavy atom. The van der Waals surface area contributed by atoms with E-state index in [1.165, 1.54) is 24.3 Å². The SMILES string of the molecule is O=C(NC[C@H]1CCCO1)c1ccc2c(c1)C(=O)N(c1cccc(C(=O)NC[C@@H]3CCCO3)c1)C2=O. The number of carbonyl (C=O) groups excluding carboxylic acids is 4. The van der Waals surface area contributed by atoms with Gasteiger partial charge < -0.3 is 20.1 Å². The molecule has 3 heterocycles. The van der Waals surface area contributed by atoms with Crippen molar-refractivity contribution in [3.05, 3.63) is 64.7 Å². The van der Waals surface area contributed by atoms with Gasteiger partial charge in [0.2, 0.25) is 0 Å². The van der Waals surface area contributed by atoms with Crippen LogP contribution in [0.5, 0.6) is 0 Å². The van der Waals surface area contributed by atoms with E-state index in [0.717, 1.165) is 30.6 Å². The van der Waals surface area contributed by atoms with E-state index in [-0.39, 0.29) is 35.1 Å². The van der Waals surface area contributed by atoms with Gasteiger partial charge in [-0.05, 0) is 62.1 Å². The van der Waals surface area contributed by atoms with E-state index in [1.807, 2.05) is 0 Å². The Morgan fingerprint density at radius 1 is 0.800 bits per heavy atom. The second-order valence-corrected chi connectivity index (χ2v) is 8.95. The van der Waals surface area contributed by atoms with Gasteiger partial charge in [0.25, 0.3) is 23.6 Å². The van der Waals surface area contributed by atoms with Crippen LogP contribution in [0.4, 0.5) is 5.69 Å². The summed E-state index contributed by atoms with van der Waals surface area (Å²) in [5.74, 6) is -1.65. The highest BCUT2D eigenvalue weighted by molar-refractivity contribution is 6.34. The Balaban J connectivity index is 1.29. The molecular weight excluding hydrogens is 450 g/mol. The quantitative estimate of drug-likeness (QED) is 0.592. The molecule has 9 nitrogen and oxygen atoms in total. The number of carbonyl (C=O) groups is 4. The molecule has 0 spiro atoms. The number of ether oxygens (including phenoxy) is 2. The van der Waals surface area contributed by atoms with Gasteiger partial charge >= 0.3 is 0 Å². The predicted molar refractivity (Wildman–Crippen MR) is 127 cm³/mol. The predicted octanol–water partition coefficient (Wildman–Crippen LogP) is 2.30. The van der Waals surface area contributed by atoms with Crippen molar-refractivity contribution in [1.29, 1.82) is 0 Å². The molecule has 0 bridgehead atoms. The number of hydrogen-bond acceptors (Lipinski definition) is 6. The van der Waals surface area contributed by atoms with Crippen LogP contribution in [-0.2, 0) is 9.47 Å². The van der Waals surface area contributed by atoms with Crippen LogP contribution in [-0.4, -0.2) is 62.1 Å². The summed E-state index contributed by atoms with van der Waals surface area (Å²) in [4.78, 5) is 52.4. The molecule has 2 atom stereocenters. The Morgan fingerprint density at radius 3 is 2.00 bits per heavy atom. The van der Waals surface area contributed by atoms with Crippen molar-refractivity contribution in [3.63, 3.8) is 0 Å². The number of fused-ring (bicyclic) bond motifs is 1. The summed E-state index contributed by atoms with van der Waals surface area (Å²) < 4.78 is 11.0. The Hall–Kier alpha value is -3.56. The van der Waals surface area contributed by atoms with E-state index in [4.69, 9.17) is 9.47 Å². The third-order valence-electron chi connectivity index (χ3n) is 6.54. The van der Waals surface area contributed by atoms with Gasteiger partial charge in [-0.2, -0.15) is 0 Å². The molecule has 2 aromatic carbocycles. The topological polar surface area (TPSA) is 114 Å². The first-order chi connectivity index (χ1) is 17.0. The van der Waals surface area contributed by atoms with Crippen LogP contribution in [0.3, 0.4) is 0 Å². The monoisotopic (exact) mass is 477 g/mol. The first-order valence-electron chi connectivity index (χ1n) is 11.9.